The molecule has 19 heavy (non-hydrogen) atoms. The van der Waals surface area contributed by atoms with E-state index in [4.69, 9.17) is 0 Å². The average Bonchev–Trinajstić information content (AvgIpc) is 3.07. The molecule has 0 saturated heterocycles. The molecule has 0 unspecified atom stereocenters. The average molecular weight is 273 g/mol. The molecule has 0 fully saturated rings. The molecule has 0 saturated carbocycles. The molecule has 0 N–H and O–H groups in total. The highest BCUT2D eigenvalue weighted by Gasteiger charge is 2.18. The summed E-state index contributed by atoms with van der Waals surface area (Å²) in [6, 6.07) is 9.94. The van der Waals surface area contributed by atoms with Crippen LogP contribution in [0.15, 0.2) is 41.8 Å². The Morgan fingerprint density at radius 2 is 2.05 bits per heavy atom. The van der Waals surface area contributed by atoms with Gasteiger partial charge in [0.05, 0.1) is 4.88 Å². The van der Waals surface area contributed by atoms with Crippen LogP contribution in [0, 0.1) is 5.82 Å². The summed E-state index contributed by atoms with van der Waals surface area (Å²) in [5.41, 5.74) is 0.979. The number of rotatable bonds is 3. The molecule has 3 rings (SSSR count). The van der Waals surface area contributed by atoms with Crippen LogP contribution in [-0.4, -0.2) is 21.3 Å². The van der Waals surface area contributed by atoms with Crippen molar-refractivity contribution in [2.45, 2.75) is 0 Å². The Bertz CT molecular complexity index is 721. The van der Waals surface area contributed by atoms with E-state index in [9.17, 15) is 9.18 Å². The first-order chi connectivity index (χ1) is 9.31. The number of thiophene rings is 1. The van der Waals surface area contributed by atoms with Gasteiger partial charge in [0.25, 0.3) is 0 Å². The molecule has 0 bridgehead atoms. The second-order valence-corrected chi connectivity index (χ2v) is 4.73. The quantitative estimate of drug-likeness (QED) is 0.689. The number of hydrogen-bond donors (Lipinski definition) is 0. The molecular weight excluding hydrogens is 265 g/mol. The van der Waals surface area contributed by atoms with E-state index in [-0.39, 0.29) is 11.4 Å². The monoisotopic (exact) mass is 273 g/mol. The van der Waals surface area contributed by atoms with Gasteiger partial charge in [-0.25, -0.2) is 9.07 Å². The first-order valence-electron chi connectivity index (χ1n) is 5.51. The van der Waals surface area contributed by atoms with Gasteiger partial charge in [-0.05, 0) is 23.6 Å². The van der Waals surface area contributed by atoms with Gasteiger partial charge >= 0.3 is 0 Å². The molecule has 0 aliphatic rings. The van der Waals surface area contributed by atoms with Crippen LogP contribution in [0.1, 0.15) is 10.5 Å². The minimum atomic E-state index is -0.414. The highest BCUT2D eigenvalue weighted by molar-refractivity contribution is 7.13. The van der Waals surface area contributed by atoms with Crippen molar-refractivity contribution in [2.24, 2.45) is 0 Å². The largest absolute Gasteiger partial charge is 0.296 e. The van der Waals surface area contributed by atoms with Crippen LogP contribution in [0.4, 0.5) is 4.39 Å². The van der Waals surface area contributed by atoms with Crippen LogP contribution < -0.4 is 0 Å². The maximum absolute atomic E-state index is 13.8. The van der Waals surface area contributed by atoms with Gasteiger partial charge in [0.15, 0.2) is 12.0 Å². The lowest BCUT2D eigenvalue weighted by Crippen LogP contribution is -2.01. The van der Waals surface area contributed by atoms with Crippen molar-refractivity contribution in [1.82, 2.24) is 15.0 Å². The normalized spacial score (nSPS) is 10.6. The number of benzene rings is 1. The van der Waals surface area contributed by atoms with Crippen molar-refractivity contribution in [1.29, 1.82) is 0 Å². The van der Waals surface area contributed by atoms with E-state index in [1.165, 1.54) is 22.1 Å². The van der Waals surface area contributed by atoms with E-state index in [2.05, 4.69) is 10.3 Å². The Kier molecular flexibility index (Phi) is 2.92. The molecule has 4 nitrogen and oxygen atoms in total. The smallest absolute Gasteiger partial charge is 0.172 e. The fourth-order valence-electron chi connectivity index (χ4n) is 1.81. The maximum atomic E-state index is 13.8. The summed E-state index contributed by atoms with van der Waals surface area (Å²) in [6.07, 6.45) is 0.624. The van der Waals surface area contributed by atoms with Gasteiger partial charge in [-0.3, -0.25) is 4.79 Å². The summed E-state index contributed by atoms with van der Waals surface area (Å²) in [5.74, 6) is -0.414. The van der Waals surface area contributed by atoms with E-state index < -0.39 is 5.82 Å². The number of nitrogens with zero attached hydrogens (tertiary/aromatic N) is 3. The Morgan fingerprint density at radius 3 is 2.74 bits per heavy atom. The molecule has 0 atom stereocenters. The SMILES string of the molecule is O=Cc1nnn(-c2ccccc2F)c1-c1cccs1. The zero-order chi connectivity index (χ0) is 13.2. The second-order valence-electron chi connectivity index (χ2n) is 3.78. The Morgan fingerprint density at radius 1 is 1.21 bits per heavy atom. The van der Waals surface area contributed by atoms with Crippen LogP contribution in [-0.2, 0) is 0 Å². The Hall–Kier alpha value is -2.34. The first-order valence-corrected chi connectivity index (χ1v) is 6.39. The van der Waals surface area contributed by atoms with Crippen LogP contribution >= 0.6 is 11.3 Å². The maximum Gasteiger partial charge on any atom is 0.172 e. The number of aromatic nitrogens is 3. The van der Waals surface area contributed by atoms with Gasteiger partial charge in [-0.15, -0.1) is 16.4 Å². The van der Waals surface area contributed by atoms with Crippen LogP contribution in [0.2, 0.25) is 0 Å². The van der Waals surface area contributed by atoms with Crippen molar-refractivity contribution < 1.29 is 9.18 Å². The number of carbonyl (C=O) groups excluding carboxylic acids is 1. The van der Waals surface area contributed by atoms with Gasteiger partial charge in [0.2, 0.25) is 0 Å². The summed E-state index contributed by atoms with van der Waals surface area (Å²) >= 11 is 1.44. The lowest BCUT2D eigenvalue weighted by Gasteiger charge is -2.05. The molecule has 94 valence electrons. The lowest BCUT2D eigenvalue weighted by atomic mass is 10.2. The molecule has 3 aromatic rings. The molecule has 0 amide bonds. The van der Waals surface area contributed by atoms with Crippen molar-refractivity contribution in [3.8, 4) is 16.3 Å². The van der Waals surface area contributed by atoms with Gasteiger partial charge in [-0.2, -0.15) is 0 Å². The van der Waals surface area contributed by atoms with E-state index in [1.807, 2.05) is 17.5 Å². The van der Waals surface area contributed by atoms with Crippen LogP contribution in [0.5, 0.6) is 0 Å². The predicted molar refractivity (Wildman–Crippen MR) is 70.0 cm³/mol. The number of para-hydroxylation sites is 1. The summed E-state index contributed by atoms with van der Waals surface area (Å²) in [7, 11) is 0. The minimum absolute atomic E-state index is 0.200. The molecule has 6 heteroatoms. The minimum Gasteiger partial charge on any atom is -0.296 e. The van der Waals surface area contributed by atoms with E-state index in [0.29, 0.717) is 12.0 Å². The summed E-state index contributed by atoms with van der Waals surface area (Å²) in [4.78, 5) is 11.9. The van der Waals surface area contributed by atoms with Crippen molar-refractivity contribution in [2.75, 3.05) is 0 Å². The molecular formula is C13H8FN3OS. The van der Waals surface area contributed by atoms with Gasteiger partial charge < -0.3 is 0 Å². The van der Waals surface area contributed by atoms with Crippen molar-refractivity contribution >= 4 is 17.6 Å². The third kappa shape index (κ3) is 1.96. The second kappa shape index (κ2) is 4.74. The van der Waals surface area contributed by atoms with Crippen LogP contribution in [0.25, 0.3) is 16.3 Å². The fraction of sp³-hybridized carbons (Fsp3) is 0. The number of halogens is 1. The molecule has 1 aromatic carbocycles. The number of hydrogen-bond acceptors (Lipinski definition) is 4. The standard InChI is InChI=1S/C13H8FN3OS/c14-9-4-1-2-5-11(9)17-13(10(8-18)15-16-17)12-6-3-7-19-12/h1-8H. The number of aldehydes is 1. The fourth-order valence-corrected chi connectivity index (χ4v) is 2.57. The summed E-state index contributed by atoms with van der Waals surface area (Å²) in [6.45, 7) is 0. The highest BCUT2D eigenvalue weighted by atomic mass is 32.1. The predicted octanol–water partition coefficient (Wildman–Crippen LogP) is 2.95. The summed E-state index contributed by atoms with van der Waals surface area (Å²) in [5, 5.41) is 9.55. The molecule has 0 radical (unpaired) electrons. The topological polar surface area (TPSA) is 47.8 Å². The van der Waals surface area contributed by atoms with E-state index >= 15 is 0 Å². The Balaban J connectivity index is 2.26. The third-order valence-corrected chi connectivity index (χ3v) is 3.52. The molecule has 2 aromatic heterocycles. The molecule has 0 spiro atoms. The third-order valence-electron chi connectivity index (χ3n) is 2.64. The van der Waals surface area contributed by atoms with Gasteiger partial charge in [0.1, 0.15) is 17.2 Å². The van der Waals surface area contributed by atoms with Crippen molar-refractivity contribution in [3.63, 3.8) is 0 Å². The van der Waals surface area contributed by atoms with Gasteiger partial charge in [-0.1, -0.05) is 23.4 Å². The number of carbonyl (C=O) groups is 1. The first kappa shape index (κ1) is 11.7. The molecule has 0 aliphatic heterocycles. The zero-order valence-electron chi connectivity index (χ0n) is 9.65. The van der Waals surface area contributed by atoms with E-state index in [1.54, 1.807) is 18.2 Å². The highest BCUT2D eigenvalue weighted by Crippen LogP contribution is 2.29. The molecule has 0 aliphatic carbocycles. The zero-order valence-corrected chi connectivity index (χ0v) is 10.5. The van der Waals surface area contributed by atoms with Crippen molar-refractivity contribution in [3.05, 3.63) is 53.3 Å². The molecule has 2 heterocycles. The summed E-state index contributed by atoms with van der Waals surface area (Å²) < 4.78 is 15.2. The Labute approximate surface area is 112 Å². The van der Waals surface area contributed by atoms with E-state index in [0.717, 1.165) is 4.88 Å². The van der Waals surface area contributed by atoms with Crippen LogP contribution in [0.3, 0.4) is 0 Å². The van der Waals surface area contributed by atoms with Gasteiger partial charge in [0, 0.05) is 0 Å². The lowest BCUT2D eigenvalue weighted by molar-refractivity contribution is 0.111.